The van der Waals surface area contributed by atoms with Crippen LogP contribution in [0.1, 0.15) is 18.4 Å². The van der Waals surface area contributed by atoms with E-state index in [-0.39, 0.29) is 23.0 Å². The largest absolute Gasteiger partial charge is 0.497 e. The Morgan fingerprint density at radius 1 is 1.00 bits per heavy atom. The molecule has 0 atom stereocenters. The summed E-state index contributed by atoms with van der Waals surface area (Å²) >= 11 is 0. The van der Waals surface area contributed by atoms with Gasteiger partial charge in [-0.1, -0.05) is 24.3 Å². The van der Waals surface area contributed by atoms with Gasteiger partial charge in [0.1, 0.15) is 18.0 Å². The highest BCUT2D eigenvalue weighted by Gasteiger charge is 2.29. The molecule has 1 aliphatic heterocycles. The molecular weight excluding hydrogens is 494 g/mol. The zero-order valence-corrected chi connectivity index (χ0v) is 21.5. The minimum absolute atomic E-state index is 0.00925. The van der Waals surface area contributed by atoms with Crippen molar-refractivity contribution >= 4 is 33.2 Å². The second-order valence-electron chi connectivity index (χ2n) is 8.45. The molecule has 2 amide bonds. The van der Waals surface area contributed by atoms with E-state index >= 15 is 0 Å². The molecule has 0 bridgehead atoms. The number of sulfonamides is 1. The molecule has 1 N–H and O–H groups in total. The van der Waals surface area contributed by atoms with Crippen molar-refractivity contribution in [2.24, 2.45) is 0 Å². The normalized spacial score (nSPS) is 13.4. The van der Waals surface area contributed by atoms with Crippen molar-refractivity contribution < 1.29 is 27.5 Å². The fraction of sp³-hybridized carbons (Fsp3) is 0.259. The second-order valence-corrected chi connectivity index (χ2v) is 10.3. The smallest absolute Gasteiger partial charge is 0.264 e. The van der Waals surface area contributed by atoms with Gasteiger partial charge in [-0.05, 0) is 60.5 Å². The SMILES string of the molecule is COc1ccc(S(=O)(=O)N(CC(=O)NCc2cccc(N3CCCC3=O)c2)c2ccccc2OC)cc1. The number of benzene rings is 3. The van der Waals surface area contributed by atoms with E-state index in [4.69, 9.17) is 9.47 Å². The van der Waals surface area contributed by atoms with Crippen LogP contribution in [-0.2, 0) is 26.2 Å². The highest BCUT2D eigenvalue weighted by atomic mass is 32.2. The first-order chi connectivity index (χ1) is 17.8. The Kier molecular flexibility index (Phi) is 7.98. The number of nitrogens with one attached hydrogen (secondary N) is 1. The van der Waals surface area contributed by atoms with Crippen LogP contribution in [0, 0.1) is 0 Å². The Balaban J connectivity index is 1.55. The van der Waals surface area contributed by atoms with E-state index in [2.05, 4.69) is 5.32 Å². The zero-order valence-electron chi connectivity index (χ0n) is 20.7. The van der Waals surface area contributed by atoms with E-state index < -0.39 is 22.5 Å². The molecule has 1 fully saturated rings. The third kappa shape index (κ3) is 5.86. The van der Waals surface area contributed by atoms with E-state index in [1.165, 1.54) is 26.4 Å². The summed E-state index contributed by atoms with van der Waals surface area (Å²) in [6, 6.07) is 20.0. The lowest BCUT2D eigenvalue weighted by Gasteiger charge is -2.25. The number of carbonyl (C=O) groups is 2. The summed E-state index contributed by atoms with van der Waals surface area (Å²) in [6.45, 7) is 0.391. The summed E-state index contributed by atoms with van der Waals surface area (Å²) in [5, 5.41) is 2.80. The van der Waals surface area contributed by atoms with Gasteiger partial charge in [0.05, 0.1) is 24.8 Å². The fourth-order valence-electron chi connectivity index (χ4n) is 4.15. The van der Waals surface area contributed by atoms with E-state index in [0.29, 0.717) is 24.5 Å². The first kappa shape index (κ1) is 26.0. The van der Waals surface area contributed by atoms with Gasteiger partial charge in [-0.25, -0.2) is 8.42 Å². The third-order valence-electron chi connectivity index (χ3n) is 6.07. The average Bonchev–Trinajstić information content (AvgIpc) is 3.36. The van der Waals surface area contributed by atoms with Crippen molar-refractivity contribution in [1.29, 1.82) is 0 Å². The van der Waals surface area contributed by atoms with Gasteiger partial charge in [0.2, 0.25) is 11.8 Å². The van der Waals surface area contributed by atoms with Crippen molar-refractivity contribution in [3.8, 4) is 11.5 Å². The Hall–Kier alpha value is -4.05. The van der Waals surface area contributed by atoms with Crippen molar-refractivity contribution in [2.75, 3.05) is 36.5 Å². The molecule has 1 heterocycles. The number of nitrogens with zero attached hydrogens (tertiary/aromatic N) is 2. The Bertz CT molecular complexity index is 1370. The summed E-state index contributed by atoms with van der Waals surface area (Å²) in [4.78, 5) is 26.9. The van der Waals surface area contributed by atoms with Gasteiger partial charge in [0.15, 0.2) is 0 Å². The molecule has 0 unspecified atom stereocenters. The number of carbonyl (C=O) groups excluding carboxylic acids is 2. The molecule has 9 nitrogen and oxygen atoms in total. The van der Waals surface area contributed by atoms with Gasteiger partial charge in [-0.2, -0.15) is 0 Å². The summed E-state index contributed by atoms with van der Waals surface area (Å²) in [5.41, 5.74) is 1.82. The highest BCUT2D eigenvalue weighted by Crippen LogP contribution is 2.32. The number of anilines is 2. The summed E-state index contributed by atoms with van der Waals surface area (Å²) in [7, 11) is -1.19. The van der Waals surface area contributed by atoms with Crippen LogP contribution in [0.15, 0.2) is 77.7 Å². The first-order valence-corrected chi connectivity index (χ1v) is 13.2. The van der Waals surface area contributed by atoms with Gasteiger partial charge in [-0.3, -0.25) is 13.9 Å². The number of hydrogen-bond donors (Lipinski definition) is 1. The molecule has 0 aromatic heterocycles. The third-order valence-corrected chi connectivity index (χ3v) is 7.85. The summed E-state index contributed by atoms with van der Waals surface area (Å²) in [6.07, 6.45) is 1.35. The maximum atomic E-state index is 13.6. The van der Waals surface area contributed by atoms with Crippen molar-refractivity contribution in [2.45, 2.75) is 24.3 Å². The van der Waals surface area contributed by atoms with Gasteiger partial charge >= 0.3 is 0 Å². The molecule has 1 aliphatic rings. The number of ether oxygens (including phenoxy) is 2. The van der Waals surface area contributed by atoms with Crippen molar-refractivity contribution in [3.63, 3.8) is 0 Å². The number of para-hydroxylation sites is 2. The molecule has 4 rings (SSSR count). The Morgan fingerprint density at radius 3 is 2.43 bits per heavy atom. The van der Waals surface area contributed by atoms with Crippen LogP contribution in [0.25, 0.3) is 0 Å². The highest BCUT2D eigenvalue weighted by molar-refractivity contribution is 7.92. The van der Waals surface area contributed by atoms with Crippen molar-refractivity contribution in [3.05, 3.63) is 78.4 Å². The predicted molar refractivity (Wildman–Crippen MR) is 140 cm³/mol. The molecule has 0 radical (unpaired) electrons. The van der Waals surface area contributed by atoms with Crippen LogP contribution in [0.5, 0.6) is 11.5 Å². The molecule has 3 aromatic rings. The van der Waals surface area contributed by atoms with Crippen LogP contribution < -0.4 is 24.0 Å². The minimum atomic E-state index is -4.12. The van der Waals surface area contributed by atoms with E-state index in [1.54, 1.807) is 41.3 Å². The lowest BCUT2D eigenvalue weighted by Crippen LogP contribution is -2.40. The van der Waals surface area contributed by atoms with Gasteiger partial charge in [0.25, 0.3) is 10.0 Å². The molecule has 194 valence electrons. The van der Waals surface area contributed by atoms with Crippen LogP contribution in [0.4, 0.5) is 11.4 Å². The van der Waals surface area contributed by atoms with Crippen LogP contribution in [0.2, 0.25) is 0 Å². The molecule has 0 spiro atoms. The average molecular weight is 524 g/mol. The molecule has 0 aliphatic carbocycles. The molecule has 1 saturated heterocycles. The van der Waals surface area contributed by atoms with Crippen LogP contribution in [-0.4, -0.2) is 47.5 Å². The quantitative estimate of drug-likeness (QED) is 0.437. The standard InChI is InChI=1S/C27H29N3O6S/c1-35-22-12-14-23(15-13-22)37(33,34)30(24-9-3-4-10-25(24)36-2)19-26(31)28-18-20-7-5-8-21(17-20)29-16-6-11-27(29)32/h3-5,7-10,12-15,17H,6,11,16,18-19H2,1-2H3,(H,28,31). The number of methoxy groups -OCH3 is 2. The second kappa shape index (κ2) is 11.3. The summed E-state index contributed by atoms with van der Waals surface area (Å²) < 4.78 is 38.8. The lowest BCUT2D eigenvalue weighted by molar-refractivity contribution is -0.120. The zero-order chi connectivity index (χ0) is 26.4. The minimum Gasteiger partial charge on any atom is -0.497 e. The maximum Gasteiger partial charge on any atom is 0.264 e. The number of amides is 2. The molecular formula is C27H29N3O6S. The molecule has 37 heavy (non-hydrogen) atoms. The maximum absolute atomic E-state index is 13.6. The molecule has 10 heteroatoms. The van der Waals surface area contributed by atoms with E-state index in [9.17, 15) is 18.0 Å². The Morgan fingerprint density at radius 2 is 1.76 bits per heavy atom. The monoisotopic (exact) mass is 523 g/mol. The summed E-state index contributed by atoms with van der Waals surface area (Å²) in [5.74, 6) is 0.414. The number of hydrogen-bond acceptors (Lipinski definition) is 6. The van der Waals surface area contributed by atoms with Crippen molar-refractivity contribution in [1.82, 2.24) is 5.32 Å². The van der Waals surface area contributed by atoms with Gasteiger partial charge in [-0.15, -0.1) is 0 Å². The molecule has 3 aromatic carbocycles. The fourth-order valence-corrected chi connectivity index (χ4v) is 5.58. The van der Waals surface area contributed by atoms with Crippen LogP contribution >= 0.6 is 0 Å². The number of rotatable bonds is 10. The topological polar surface area (TPSA) is 105 Å². The van der Waals surface area contributed by atoms with E-state index in [1.807, 2.05) is 24.3 Å². The molecule has 0 saturated carbocycles. The predicted octanol–water partition coefficient (Wildman–Crippen LogP) is 3.34. The van der Waals surface area contributed by atoms with E-state index in [0.717, 1.165) is 22.0 Å². The first-order valence-electron chi connectivity index (χ1n) is 11.8. The lowest BCUT2D eigenvalue weighted by atomic mass is 10.2. The van der Waals surface area contributed by atoms with Gasteiger partial charge < -0.3 is 19.7 Å². The van der Waals surface area contributed by atoms with Gasteiger partial charge in [0, 0.05) is 25.2 Å². The Labute approximate surface area is 216 Å². The van der Waals surface area contributed by atoms with Crippen LogP contribution in [0.3, 0.4) is 0 Å².